The summed E-state index contributed by atoms with van der Waals surface area (Å²) in [6.45, 7) is -0.682. The second-order valence-electron chi connectivity index (χ2n) is 4.09. The minimum atomic E-state index is -1.34. The average molecular weight is 275 g/mol. The molecular formula is C13H13N3O4. The number of nitrogens with one attached hydrogen (secondary N) is 2. The van der Waals surface area contributed by atoms with Crippen LogP contribution in [-0.4, -0.2) is 39.8 Å². The number of para-hydroxylation sites is 1. The number of hydrogen-bond acceptors (Lipinski definition) is 4. The molecule has 0 spiro atoms. The van der Waals surface area contributed by atoms with Gasteiger partial charge in [-0.2, -0.15) is 0 Å². The Kier molecular flexibility index (Phi) is 4.11. The Morgan fingerprint density at radius 1 is 1.30 bits per heavy atom. The van der Waals surface area contributed by atoms with Gasteiger partial charge in [-0.05, 0) is 12.1 Å². The van der Waals surface area contributed by atoms with Gasteiger partial charge in [0.05, 0.1) is 24.0 Å². The molecule has 1 heterocycles. The molecule has 20 heavy (non-hydrogen) atoms. The number of aliphatic hydroxyl groups is 1. The number of benzene rings is 1. The Morgan fingerprint density at radius 2 is 2.05 bits per heavy atom. The summed E-state index contributed by atoms with van der Waals surface area (Å²) in [5, 5.41) is 23.0. The highest BCUT2D eigenvalue weighted by molar-refractivity contribution is 5.94. The van der Waals surface area contributed by atoms with E-state index in [0.29, 0.717) is 5.69 Å². The number of aromatic nitrogens is 1. The number of aliphatic carboxylic acids is 1. The summed E-state index contributed by atoms with van der Waals surface area (Å²) in [4.78, 5) is 26.4. The number of rotatable bonds is 4. The zero-order valence-corrected chi connectivity index (χ0v) is 10.4. The maximum atomic E-state index is 11.6. The number of fused-ring (bicyclic) bond motifs is 1. The third kappa shape index (κ3) is 3.21. The lowest BCUT2D eigenvalue weighted by molar-refractivity contribution is -0.140. The van der Waals surface area contributed by atoms with Crippen molar-refractivity contribution < 1.29 is 19.8 Å². The minimum Gasteiger partial charge on any atom is -0.480 e. The topological polar surface area (TPSA) is 112 Å². The van der Waals surface area contributed by atoms with Crippen molar-refractivity contribution in [3.63, 3.8) is 0 Å². The van der Waals surface area contributed by atoms with E-state index in [1.54, 1.807) is 6.07 Å². The smallest absolute Gasteiger partial charge is 0.328 e. The van der Waals surface area contributed by atoms with Gasteiger partial charge >= 0.3 is 12.0 Å². The fourth-order valence-electron chi connectivity index (χ4n) is 1.65. The molecule has 7 nitrogen and oxygen atoms in total. The number of pyridine rings is 1. The molecule has 7 heteroatoms. The SMILES string of the molecule is O=C(Nc1cnc2ccccc2c1)N[C@H](CO)C(=O)O. The van der Waals surface area contributed by atoms with E-state index >= 15 is 0 Å². The van der Waals surface area contributed by atoms with Crippen molar-refractivity contribution in [1.82, 2.24) is 10.3 Å². The number of aliphatic hydroxyl groups excluding tert-OH is 1. The Balaban J connectivity index is 2.07. The fraction of sp³-hybridized carbons (Fsp3) is 0.154. The lowest BCUT2D eigenvalue weighted by atomic mass is 10.2. The monoisotopic (exact) mass is 275 g/mol. The van der Waals surface area contributed by atoms with Crippen LogP contribution in [0.3, 0.4) is 0 Å². The van der Waals surface area contributed by atoms with Crippen LogP contribution in [0.4, 0.5) is 10.5 Å². The number of amides is 2. The third-order valence-corrected chi connectivity index (χ3v) is 2.63. The molecule has 0 aliphatic rings. The molecule has 1 aromatic carbocycles. The molecule has 1 aromatic heterocycles. The first-order chi connectivity index (χ1) is 9.60. The second-order valence-corrected chi connectivity index (χ2v) is 4.09. The van der Waals surface area contributed by atoms with Crippen LogP contribution in [0.5, 0.6) is 0 Å². The zero-order chi connectivity index (χ0) is 14.5. The molecule has 4 N–H and O–H groups in total. The molecule has 104 valence electrons. The molecule has 0 radical (unpaired) electrons. The van der Waals surface area contributed by atoms with Crippen LogP contribution in [0.25, 0.3) is 10.9 Å². The third-order valence-electron chi connectivity index (χ3n) is 2.63. The largest absolute Gasteiger partial charge is 0.480 e. The van der Waals surface area contributed by atoms with Gasteiger partial charge in [0.2, 0.25) is 0 Å². The maximum Gasteiger partial charge on any atom is 0.328 e. The molecular weight excluding hydrogens is 262 g/mol. The lowest BCUT2D eigenvalue weighted by Gasteiger charge is -2.12. The highest BCUT2D eigenvalue weighted by atomic mass is 16.4. The Labute approximate surface area is 114 Å². The predicted octanol–water partition coefficient (Wildman–Crippen LogP) is 0.802. The van der Waals surface area contributed by atoms with Gasteiger partial charge in [-0.1, -0.05) is 18.2 Å². The van der Waals surface area contributed by atoms with E-state index in [1.165, 1.54) is 6.20 Å². The first-order valence-electron chi connectivity index (χ1n) is 5.86. The van der Waals surface area contributed by atoms with E-state index in [9.17, 15) is 9.59 Å². The number of carbonyl (C=O) groups is 2. The van der Waals surface area contributed by atoms with E-state index in [1.807, 2.05) is 24.3 Å². The number of anilines is 1. The van der Waals surface area contributed by atoms with E-state index in [4.69, 9.17) is 10.2 Å². The number of carboxylic acid groups (broad SMARTS) is 1. The lowest BCUT2D eigenvalue weighted by Crippen LogP contribution is -2.45. The number of carbonyl (C=O) groups excluding carboxylic acids is 1. The van der Waals surface area contributed by atoms with Gasteiger partial charge in [0.15, 0.2) is 6.04 Å². The van der Waals surface area contributed by atoms with Gasteiger partial charge in [0.25, 0.3) is 0 Å². The zero-order valence-electron chi connectivity index (χ0n) is 10.4. The Morgan fingerprint density at radius 3 is 2.75 bits per heavy atom. The number of hydrogen-bond donors (Lipinski definition) is 4. The van der Waals surface area contributed by atoms with Gasteiger partial charge in [0, 0.05) is 5.39 Å². The van der Waals surface area contributed by atoms with Crippen molar-refractivity contribution in [2.75, 3.05) is 11.9 Å². The molecule has 0 saturated carbocycles. The summed E-state index contributed by atoms with van der Waals surface area (Å²) in [5.74, 6) is -1.31. The molecule has 2 amide bonds. The summed E-state index contributed by atoms with van der Waals surface area (Å²) in [5.41, 5.74) is 1.22. The quantitative estimate of drug-likeness (QED) is 0.659. The molecule has 2 rings (SSSR count). The van der Waals surface area contributed by atoms with Gasteiger partial charge in [0.1, 0.15) is 0 Å². The van der Waals surface area contributed by atoms with Crippen molar-refractivity contribution in [3.8, 4) is 0 Å². The van der Waals surface area contributed by atoms with Crippen molar-refractivity contribution in [3.05, 3.63) is 36.5 Å². The van der Waals surface area contributed by atoms with Crippen LogP contribution in [-0.2, 0) is 4.79 Å². The average Bonchev–Trinajstić information content (AvgIpc) is 2.44. The van der Waals surface area contributed by atoms with Crippen LogP contribution >= 0.6 is 0 Å². The van der Waals surface area contributed by atoms with Crippen LogP contribution in [0, 0.1) is 0 Å². The first-order valence-corrected chi connectivity index (χ1v) is 5.86. The van der Waals surface area contributed by atoms with Gasteiger partial charge < -0.3 is 20.8 Å². The van der Waals surface area contributed by atoms with Crippen LogP contribution in [0.2, 0.25) is 0 Å². The first kappa shape index (κ1) is 13.8. The van der Waals surface area contributed by atoms with Gasteiger partial charge in [-0.3, -0.25) is 4.98 Å². The van der Waals surface area contributed by atoms with E-state index in [0.717, 1.165) is 10.9 Å². The number of carboxylic acids is 1. The summed E-state index contributed by atoms with van der Waals surface area (Å²) < 4.78 is 0. The van der Waals surface area contributed by atoms with Crippen LogP contribution in [0.1, 0.15) is 0 Å². The second kappa shape index (κ2) is 5.98. The van der Waals surface area contributed by atoms with Gasteiger partial charge in [-0.25, -0.2) is 9.59 Å². The standard InChI is InChI=1S/C13H13N3O4/c17-7-11(12(18)19)16-13(20)15-9-5-8-3-1-2-4-10(8)14-6-9/h1-6,11,17H,7H2,(H,18,19)(H2,15,16,20)/t11-/m1/s1. The van der Waals surface area contributed by atoms with Gasteiger partial charge in [-0.15, -0.1) is 0 Å². The van der Waals surface area contributed by atoms with Crippen LogP contribution < -0.4 is 10.6 Å². The van der Waals surface area contributed by atoms with E-state index in [-0.39, 0.29) is 0 Å². The molecule has 2 aromatic rings. The number of urea groups is 1. The molecule has 0 bridgehead atoms. The normalized spacial score (nSPS) is 11.8. The Hall–Kier alpha value is -2.67. The van der Waals surface area contributed by atoms with E-state index in [2.05, 4.69) is 15.6 Å². The molecule has 0 unspecified atom stereocenters. The molecule has 0 saturated heterocycles. The molecule has 0 aliphatic carbocycles. The fourth-order valence-corrected chi connectivity index (χ4v) is 1.65. The summed E-state index contributed by atoms with van der Waals surface area (Å²) in [6, 6.07) is 7.04. The molecule has 1 atom stereocenters. The highest BCUT2D eigenvalue weighted by Gasteiger charge is 2.18. The summed E-state index contributed by atoms with van der Waals surface area (Å²) in [7, 11) is 0. The van der Waals surface area contributed by atoms with Crippen LogP contribution in [0.15, 0.2) is 36.5 Å². The van der Waals surface area contributed by atoms with Crippen molar-refractivity contribution in [1.29, 1.82) is 0 Å². The molecule has 0 fully saturated rings. The maximum absolute atomic E-state index is 11.6. The van der Waals surface area contributed by atoms with Crippen molar-refractivity contribution in [2.45, 2.75) is 6.04 Å². The predicted molar refractivity (Wildman–Crippen MR) is 72.4 cm³/mol. The van der Waals surface area contributed by atoms with E-state index < -0.39 is 24.6 Å². The highest BCUT2D eigenvalue weighted by Crippen LogP contribution is 2.15. The number of nitrogens with zero attached hydrogens (tertiary/aromatic N) is 1. The summed E-state index contributed by atoms with van der Waals surface area (Å²) >= 11 is 0. The summed E-state index contributed by atoms with van der Waals surface area (Å²) in [6.07, 6.45) is 1.47. The Bertz CT molecular complexity index is 644. The minimum absolute atomic E-state index is 0.434. The van der Waals surface area contributed by atoms with Crippen molar-refractivity contribution in [2.24, 2.45) is 0 Å². The molecule has 0 aliphatic heterocycles. The van der Waals surface area contributed by atoms with Crippen molar-refractivity contribution >= 4 is 28.6 Å².